The molecule has 2 atom stereocenters. The molecule has 1 aromatic rings. The second-order valence-electron chi connectivity index (χ2n) is 4.93. The second-order valence-corrected chi connectivity index (χ2v) is 4.93. The van der Waals surface area contributed by atoms with Crippen molar-refractivity contribution in [3.8, 4) is 5.75 Å². The van der Waals surface area contributed by atoms with Crippen LogP contribution in [0.4, 0.5) is 13.2 Å². The third kappa shape index (κ3) is 3.47. The van der Waals surface area contributed by atoms with E-state index in [9.17, 15) is 18.0 Å². The molecule has 1 amide bonds. The SMILES string of the molecule is COc1ccccc1C1NC(C)C(=O)N1CCC(F)(F)F. The predicted octanol–water partition coefficient (Wildman–Crippen LogP) is 2.47. The molecule has 0 radical (unpaired) electrons. The lowest BCUT2D eigenvalue weighted by Gasteiger charge is -2.26. The van der Waals surface area contributed by atoms with Crippen molar-refractivity contribution in [3.05, 3.63) is 29.8 Å². The number of alkyl halides is 3. The number of methoxy groups -OCH3 is 1. The minimum absolute atomic E-state index is 0.338. The Morgan fingerprint density at radius 1 is 1.33 bits per heavy atom. The van der Waals surface area contributed by atoms with Crippen molar-refractivity contribution in [2.24, 2.45) is 0 Å². The molecule has 0 saturated carbocycles. The van der Waals surface area contributed by atoms with Gasteiger partial charge >= 0.3 is 6.18 Å². The Kier molecular flexibility index (Phi) is 4.41. The van der Waals surface area contributed by atoms with Crippen LogP contribution < -0.4 is 10.1 Å². The minimum Gasteiger partial charge on any atom is -0.496 e. The summed E-state index contributed by atoms with van der Waals surface area (Å²) < 4.78 is 42.5. The van der Waals surface area contributed by atoms with Crippen molar-refractivity contribution in [3.63, 3.8) is 0 Å². The number of hydrogen-bond donors (Lipinski definition) is 1. The number of amides is 1. The van der Waals surface area contributed by atoms with E-state index in [1.165, 1.54) is 12.0 Å². The first-order chi connectivity index (χ1) is 9.83. The maximum Gasteiger partial charge on any atom is 0.390 e. The molecule has 1 N–H and O–H groups in total. The lowest BCUT2D eigenvalue weighted by atomic mass is 10.1. The summed E-state index contributed by atoms with van der Waals surface area (Å²) in [6, 6.07) is 6.46. The van der Waals surface area contributed by atoms with Gasteiger partial charge in [0.2, 0.25) is 5.91 Å². The zero-order valence-electron chi connectivity index (χ0n) is 11.8. The third-order valence-electron chi connectivity index (χ3n) is 3.44. The van der Waals surface area contributed by atoms with Crippen LogP contribution in [0.1, 0.15) is 25.1 Å². The molecule has 1 aliphatic rings. The molecule has 0 bridgehead atoms. The first-order valence-corrected chi connectivity index (χ1v) is 6.59. The molecule has 21 heavy (non-hydrogen) atoms. The lowest BCUT2D eigenvalue weighted by molar-refractivity contribution is -0.145. The highest BCUT2D eigenvalue weighted by molar-refractivity contribution is 5.84. The summed E-state index contributed by atoms with van der Waals surface area (Å²) in [5.41, 5.74) is 0.653. The maximum absolute atomic E-state index is 12.4. The highest BCUT2D eigenvalue weighted by Crippen LogP contribution is 2.33. The van der Waals surface area contributed by atoms with Crippen molar-refractivity contribution in [1.29, 1.82) is 0 Å². The van der Waals surface area contributed by atoms with Crippen LogP contribution >= 0.6 is 0 Å². The summed E-state index contributed by atoms with van der Waals surface area (Å²) in [5.74, 6) is 0.198. The molecule has 116 valence electrons. The first kappa shape index (κ1) is 15.6. The molecule has 1 heterocycles. The molecular formula is C14H17F3N2O2. The number of para-hydroxylation sites is 1. The molecule has 4 nitrogen and oxygen atoms in total. The molecule has 0 aromatic heterocycles. The number of hydrogen-bond acceptors (Lipinski definition) is 3. The fraction of sp³-hybridized carbons (Fsp3) is 0.500. The van der Waals surface area contributed by atoms with Crippen molar-refractivity contribution >= 4 is 5.91 Å². The highest BCUT2D eigenvalue weighted by Gasteiger charge is 2.40. The maximum atomic E-state index is 12.4. The zero-order chi connectivity index (χ0) is 15.6. The molecule has 2 rings (SSSR count). The Balaban J connectivity index is 2.25. The van der Waals surface area contributed by atoms with E-state index in [-0.39, 0.29) is 12.5 Å². The van der Waals surface area contributed by atoms with Gasteiger partial charge in [0.05, 0.1) is 19.6 Å². The van der Waals surface area contributed by atoms with E-state index in [0.717, 1.165) is 0 Å². The number of benzene rings is 1. The van der Waals surface area contributed by atoms with E-state index in [2.05, 4.69) is 5.32 Å². The number of rotatable bonds is 4. The van der Waals surface area contributed by atoms with Crippen LogP contribution in [0.3, 0.4) is 0 Å². The topological polar surface area (TPSA) is 41.6 Å². The van der Waals surface area contributed by atoms with Crippen LogP contribution in [0.2, 0.25) is 0 Å². The molecule has 2 unspecified atom stereocenters. The van der Waals surface area contributed by atoms with E-state index in [0.29, 0.717) is 11.3 Å². The summed E-state index contributed by atoms with van der Waals surface area (Å²) in [6.45, 7) is 1.26. The quantitative estimate of drug-likeness (QED) is 0.929. The van der Waals surface area contributed by atoms with Gasteiger partial charge in [-0.05, 0) is 13.0 Å². The molecule has 1 saturated heterocycles. The second kappa shape index (κ2) is 5.93. The van der Waals surface area contributed by atoms with Gasteiger partial charge in [0.25, 0.3) is 0 Å². The molecule has 7 heteroatoms. The van der Waals surface area contributed by atoms with Crippen LogP contribution in [0.5, 0.6) is 5.75 Å². The summed E-state index contributed by atoms with van der Waals surface area (Å²) in [6.07, 6.45) is -5.93. The largest absolute Gasteiger partial charge is 0.496 e. The van der Waals surface area contributed by atoms with E-state index >= 15 is 0 Å². The molecule has 0 aliphatic carbocycles. The summed E-state index contributed by atoms with van der Waals surface area (Å²) in [5, 5.41) is 3.01. The Morgan fingerprint density at radius 3 is 2.62 bits per heavy atom. The van der Waals surface area contributed by atoms with Gasteiger partial charge in [-0.15, -0.1) is 0 Å². The highest BCUT2D eigenvalue weighted by atomic mass is 19.4. The van der Waals surface area contributed by atoms with Crippen LogP contribution in [0.15, 0.2) is 24.3 Å². The Labute approximate surface area is 120 Å². The normalized spacial score (nSPS) is 22.7. The van der Waals surface area contributed by atoms with Crippen LogP contribution in [-0.2, 0) is 4.79 Å². The van der Waals surface area contributed by atoms with Crippen LogP contribution in [-0.4, -0.2) is 36.7 Å². The van der Waals surface area contributed by atoms with Gasteiger partial charge in [-0.1, -0.05) is 18.2 Å². The fourth-order valence-corrected chi connectivity index (χ4v) is 2.41. The average Bonchev–Trinajstić information content (AvgIpc) is 2.71. The fourth-order valence-electron chi connectivity index (χ4n) is 2.41. The summed E-state index contributed by atoms with van der Waals surface area (Å²) >= 11 is 0. The molecule has 0 spiro atoms. The van der Waals surface area contributed by atoms with Crippen LogP contribution in [0.25, 0.3) is 0 Å². The first-order valence-electron chi connectivity index (χ1n) is 6.59. The number of carbonyl (C=O) groups is 1. The number of ether oxygens (including phenoxy) is 1. The van der Waals surface area contributed by atoms with E-state index in [4.69, 9.17) is 4.74 Å². The standard InChI is InChI=1S/C14H17F3N2O2/c1-9-13(20)19(8-7-14(15,16)17)12(18-9)10-5-3-4-6-11(10)21-2/h3-6,9,12,18H,7-8H2,1-2H3. The van der Waals surface area contributed by atoms with E-state index in [1.54, 1.807) is 31.2 Å². The predicted molar refractivity (Wildman–Crippen MR) is 70.7 cm³/mol. The number of carbonyl (C=O) groups excluding carboxylic acids is 1. The van der Waals surface area contributed by atoms with Gasteiger partial charge in [-0.3, -0.25) is 10.1 Å². The summed E-state index contributed by atoms with van der Waals surface area (Å²) in [7, 11) is 1.49. The Hall–Kier alpha value is -1.76. The lowest BCUT2D eigenvalue weighted by Crippen LogP contribution is -2.34. The number of nitrogens with one attached hydrogen (secondary N) is 1. The molecule has 1 aliphatic heterocycles. The van der Waals surface area contributed by atoms with Crippen LogP contribution in [0, 0.1) is 0 Å². The minimum atomic E-state index is -4.29. The van der Waals surface area contributed by atoms with E-state index < -0.39 is 24.8 Å². The molecule has 1 aromatic carbocycles. The molecular weight excluding hydrogens is 285 g/mol. The van der Waals surface area contributed by atoms with Crippen molar-refractivity contribution in [2.45, 2.75) is 31.7 Å². The smallest absolute Gasteiger partial charge is 0.390 e. The average molecular weight is 302 g/mol. The monoisotopic (exact) mass is 302 g/mol. The van der Waals surface area contributed by atoms with Crippen molar-refractivity contribution in [1.82, 2.24) is 10.2 Å². The van der Waals surface area contributed by atoms with Gasteiger partial charge in [-0.25, -0.2) is 0 Å². The van der Waals surface area contributed by atoms with Gasteiger partial charge < -0.3 is 9.64 Å². The Bertz CT molecular complexity index is 519. The summed E-state index contributed by atoms with van der Waals surface area (Å²) in [4.78, 5) is 13.3. The van der Waals surface area contributed by atoms with Gasteiger partial charge in [-0.2, -0.15) is 13.2 Å². The van der Waals surface area contributed by atoms with E-state index in [1.807, 2.05) is 0 Å². The number of halogens is 3. The third-order valence-corrected chi connectivity index (χ3v) is 3.44. The Morgan fingerprint density at radius 2 is 2.00 bits per heavy atom. The van der Waals surface area contributed by atoms with Gasteiger partial charge in [0, 0.05) is 12.1 Å². The molecule has 1 fully saturated rings. The zero-order valence-corrected chi connectivity index (χ0v) is 11.8. The van der Waals surface area contributed by atoms with Gasteiger partial charge in [0.15, 0.2) is 0 Å². The van der Waals surface area contributed by atoms with Crippen molar-refractivity contribution in [2.75, 3.05) is 13.7 Å². The van der Waals surface area contributed by atoms with Gasteiger partial charge in [0.1, 0.15) is 11.9 Å². The number of nitrogens with zero attached hydrogens (tertiary/aromatic N) is 1. The van der Waals surface area contributed by atoms with Crippen molar-refractivity contribution < 1.29 is 22.7 Å².